The number of benzene rings is 1. The van der Waals surface area contributed by atoms with Gasteiger partial charge in [0.25, 0.3) is 0 Å². The van der Waals surface area contributed by atoms with E-state index in [2.05, 4.69) is 5.32 Å². The van der Waals surface area contributed by atoms with Crippen molar-refractivity contribution in [3.8, 4) is 0 Å². The van der Waals surface area contributed by atoms with Gasteiger partial charge >= 0.3 is 5.97 Å². The molecule has 1 rings (SSSR count). The SMILES string of the molecule is CNC(=O)C(C)(SC)C(=O)OCc1ccccc1. The van der Waals surface area contributed by atoms with Crippen molar-refractivity contribution in [3.05, 3.63) is 35.9 Å². The van der Waals surface area contributed by atoms with E-state index in [1.165, 1.54) is 7.05 Å². The molecule has 18 heavy (non-hydrogen) atoms. The van der Waals surface area contributed by atoms with Crippen molar-refractivity contribution in [1.82, 2.24) is 5.32 Å². The highest BCUT2D eigenvalue weighted by molar-refractivity contribution is 8.01. The molecule has 1 amide bonds. The number of hydrogen-bond acceptors (Lipinski definition) is 4. The van der Waals surface area contributed by atoms with E-state index in [-0.39, 0.29) is 12.5 Å². The summed E-state index contributed by atoms with van der Waals surface area (Å²) in [5.41, 5.74) is 0.895. The highest BCUT2D eigenvalue weighted by atomic mass is 32.2. The molecule has 0 saturated heterocycles. The molecule has 1 atom stereocenters. The average Bonchev–Trinajstić information content (AvgIpc) is 2.43. The van der Waals surface area contributed by atoms with Crippen molar-refractivity contribution in [2.24, 2.45) is 0 Å². The average molecular weight is 267 g/mol. The minimum absolute atomic E-state index is 0.173. The molecule has 98 valence electrons. The van der Waals surface area contributed by atoms with E-state index in [1.54, 1.807) is 13.2 Å². The van der Waals surface area contributed by atoms with Gasteiger partial charge in [-0.2, -0.15) is 0 Å². The van der Waals surface area contributed by atoms with E-state index in [4.69, 9.17) is 4.74 Å². The minimum Gasteiger partial charge on any atom is -0.459 e. The summed E-state index contributed by atoms with van der Waals surface area (Å²) >= 11 is 1.16. The number of thioether (sulfide) groups is 1. The zero-order chi connectivity index (χ0) is 13.6. The molecule has 0 aliphatic carbocycles. The first-order valence-corrected chi connectivity index (χ1v) is 6.75. The quantitative estimate of drug-likeness (QED) is 0.650. The van der Waals surface area contributed by atoms with E-state index in [0.29, 0.717) is 0 Å². The summed E-state index contributed by atoms with van der Waals surface area (Å²) < 4.78 is 3.98. The number of carbonyl (C=O) groups is 2. The molecule has 0 aromatic heterocycles. The van der Waals surface area contributed by atoms with E-state index >= 15 is 0 Å². The second-order valence-corrected chi connectivity index (χ2v) is 5.10. The maximum absolute atomic E-state index is 12.0. The molecule has 1 unspecified atom stereocenters. The molecular formula is C13H17NO3S. The number of esters is 1. The molecular weight excluding hydrogens is 250 g/mol. The second-order valence-electron chi connectivity index (χ2n) is 3.88. The Kier molecular flexibility index (Phi) is 5.22. The van der Waals surface area contributed by atoms with Crippen molar-refractivity contribution in [3.63, 3.8) is 0 Å². The predicted octanol–water partition coefficient (Wildman–Crippen LogP) is 1.60. The maximum Gasteiger partial charge on any atom is 0.331 e. The van der Waals surface area contributed by atoms with Crippen LogP contribution in [0.4, 0.5) is 0 Å². The standard InChI is InChI=1S/C13H17NO3S/c1-13(18-3,11(15)14-2)12(16)17-9-10-7-5-4-6-8-10/h4-8H,9H2,1-3H3,(H,14,15). The lowest BCUT2D eigenvalue weighted by molar-refractivity contribution is -0.150. The molecule has 4 nitrogen and oxygen atoms in total. The molecule has 0 spiro atoms. The lowest BCUT2D eigenvalue weighted by Crippen LogP contribution is -2.47. The molecule has 5 heteroatoms. The Morgan fingerprint density at radius 1 is 1.33 bits per heavy atom. The van der Waals surface area contributed by atoms with Crippen molar-refractivity contribution in [1.29, 1.82) is 0 Å². The number of amides is 1. The van der Waals surface area contributed by atoms with Gasteiger partial charge in [-0.15, -0.1) is 11.8 Å². The van der Waals surface area contributed by atoms with Crippen molar-refractivity contribution >= 4 is 23.6 Å². The number of carbonyl (C=O) groups excluding carboxylic acids is 2. The first-order chi connectivity index (χ1) is 8.54. The largest absolute Gasteiger partial charge is 0.459 e. The highest BCUT2D eigenvalue weighted by Gasteiger charge is 2.41. The molecule has 0 fully saturated rings. The molecule has 1 aromatic rings. The van der Waals surface area contributed by atoms with Crippen LogP contribution in [-0.2, 0) is 20.9 Å². The molecule has 0 bridgehead atoms. The summed E-state index contributed by atoms with van der Waals surface area (Å²) in [5, 5.41) is 2.47. The van der Waals surface area contributed by atoms with Crippen LogP contribution in [-0.4, -0.2) is 29.9 Å². The van der Waals surface area contributed by atoms with Crippen LogP contribution in [0.3, 0.4) is 0 Å². The van der Waals surface area contributed by atoms with Gasteiger partial charge in [0, 0.05) is 7.05 Å². The highest BCUT2D eigenvalue weighted by Crippen LogP contribution is 2.24. The molecule has 0 aliphatic heterocycles. The van der Waals surface area contributed by atoms with Gasteiger partial charge in [-0.25, -0.2) is 4.79 Å². The molecule has 1 aromatic carbocycles. The first kappa shape index (κ1) is 14.6. The van der Waals surface area contributed by atoms with Crippen LogP contribution in [0.5, 0.6) is 0 Å². The Hall–Kier alpha value is -1.49. The fraction of sp³-hybridized carbons (Fsp3) is 0.385. The summed E-state index contributed by atoms with van der Waals surface area (Å²) in [5.74, 6) is -0.883. The summed E-state index contributed by atoms with van der Waals surface area (Å²) in [6, 6.07) is 9.36. The zero-order valence-electron chi connectivity index (χ0n) is 10.7. The van der Waals surface area contributed by atoms with Gasteiger partial charge in [-0.1, -0.05) is 30.3 Å². The van der Waals surface area contributed by atoms with Gasteiger partial charge < -0.3 is 10.1 Å². The Labute approximate surface area is 111 Å². The third kappa shape index (κ3) is 3.26. The lowest BCUT2D eigenvalue weighted by Gasteiger charge is -2.23. The van der Waals surface area contributed by atoms with Crippen LogP contribution in [0.1, 0.15) is 12.5 Å². The van der Waals surface area contributed by atoms with Crippen molar-refractivity contribution < 1.29 is 14.3 Å². The summed E-state index contributed by atoms with van der Waals surface area (Å²) in [4.78, 5) is 23.7. The Morgan fingerprint density at radius 3 is 2.44 bits per heavy atom. The number of ether oxygens (including phenoxy) is 1. The zero-order valence-corrected chi connectivity index (χ0v) is 11.5. The van der Waals surface area contributed by atoms with E-state index in [9.17, 15) is 9.59 Å². The fourth-order valence-corrected chi connectivity index (χ4v) is 1.88. The summed E-state index contributed by atoms with van der Waals surface area (Å²) in [6.45, 7) is 1.73. The van der Waals surface area contributed by atoms with Crippen LogP contribution >= 0.6 is 11.8 Å². The smallest absolute Gasteiger partial charge is 0.331 e. The summed E-state index contributed by atoms with van der Waals surface area (Å²) in [6.07, 6.45) is 1.71. The Bertz CT molecular complexity index is 422. The van der Waals surface area contributed by atoms with Crippen molar-refractivity contribution in [2.45, 2.75) is 18.3 Å². The van der Waals surface area contributed by atoms with Gasteiger partial charge in [0.05, 0.1) is 0 Å². The third-order valence-electron chi connectivity index (χ3n) is 2.67. The molecule has 0 aliphatic rings. The van der Waals surface area contributed by atoms with E-state index in [1.807, 2.05) is 30.3 Å². The van der Waals surface area contributed by atoms with Crippen LogP contribution in [0.2, 0.25) is 0 Å². The maximum atomic E-state index is 12.0. The fourth-order valence-electron chi connectivity index (χ4n) is 1.37. The van der Waals surface area contributed by atoms with Gasteiger partial charge in [0.15, 0.2) is 4.75 Å². The van der Waals surface area contributed by atoms with Gasteiger partial charge in [-0.3, -0.25) is 4.79 Å². The van der Waals surface area contributed by atoms with Gasteiger partial charge in [-0.05, 0) is 18.7 Å². The molecule has 0 heterocycles. The predicted molar refractivity (Wildman–Crippen MR) is 72.2 cm³/mol. The molecule has 0 radical (unpaired) electrons. The van der Waals surface area contributed by atoms with Crippen molar-refractivity contribution in [2.75, 3.05) is 13.3 Å². The van der Waals surface area contributed by atoms with Crippen LogP contribution in [0.15, 0.2) is 30.3 Å². The number of nitrogens with one attached hydrogen (secondary N) is 1. The monoisotopic (exact) mass is 267 g/mol. The van der Waals surface area contributed by atoms with E-state index < -0.39 is 10.7 Å². The van der Waals surface area contributed by atoms with Crippen LogP contribution in [0.25, 0.3) is 0 Å². The lowest BCUT2D eigenvalue weighted by atomic mass is 10.1. The van der Waals surface area contributed by atoms with Crippen LogP contribution < -0.4 is 5.32 Å². The molecule has 0 saturated carbocycles. The third-order valence-corrected chi connectivity index (χ3v) is 3.84. The number of rotatable bonds is 5. The topological polar surface area (TPSA) is 55.4 Å². The number of hydrogen-bond donors (Lipinski definition) is 1. The Balaban J connectivity index is 2.67. The summed E-state index contributed by atoms with van der Waals surface area (Å²) in [7, 11) is 1.50. The Morgan fingerprint density at radius 2 is 1.94 bits per heavy atom. The minimum atomic E-state index is -1.20. The van der Waals surface area contributed by atoms with Crippen LogP contribution in [0, 0.1) is 0 Å². The molecule has 1 N–H and O–H groups in total. The van der Waals surface area contributed by atoms with Gasteiger partial charge in [0.1, 0.15) is 6.61 Å². The van der Waals surface area contributed by atoms with E-state index in [0.717, 1.165) is 17.3 Å². The van der Waals surface area contributed by atoms with Gasteiger partial charge in [0.2, 0.25) is 5.91 Å². The second kappa shape index (κ2) is 6.44. The normalized spacial score (nSPS) is 13.5. The first-order valence-electron chi connectivity index (χ1n) is 5.53.